The predicted octanol–water partition coefficient (Wildman–Crippen LogP) is 4.47. The molecule has 0 aliphatic carbocycles. The van der Waals surface area contributed by atoms with Crippen molar-refractivity contribution in [1.82, 2.24) is 0 Å². The van der Waals surface area contributed by atoms with E-state index >= 15 is 0 Å². The topological polar surface area (TPSA) is 35.2 Å². The summed E-state index contributed by atoms with van der Waals surface area (Å²) < 4.78 is 19.9. The molecule has 0 aliphatic rings. The zero-order chi connectivity index (χ0) is 13.8. The molecule has 0 amide bonds. The van der Waals surface area contributed by atoms with Gasteiger partial charge in [0.1, 0.15) is 0 Å². The SMILES string of the molecule is COc1cccc(CSc2ccc(Br)cc2N)c1F. The number of hydrogen-bond donors (Lipinski definition) is 1. The van der Waals surface area contributed by atoms with E-state index in [-0.39, 0.29) is 11.6 Å². The number of rotatable bonds is 4. The summed E-state index contributed by atoms with van der Waals surface area (Å²) in [6, 6.07) is 10.8. The van der Waals surface area contributed by atoms with Crippen LogP contribution in [-0.4, -0.2) is 7.11 Å². The lowest BCUT2D eigenvalue weighted by molar-refractivity contribution is 0.385. The average molecular weight is 342 g/mol. The standard InChI is InChI=1S/C14H13BrFNOS/c1-18-12-4-2-3-9(14(12)16)8-19-13-6-5-10(15)7-11(13)17/h2-7H,8,17H2,1H3. The summed E-state index contributed by atoms with van der Waals surface area (Å²) >= 11 is 4.86. The second-order valence-electron chi connectivity index (χ2n) is 3.90. The van der Waals surface area contributed by atoms with E-state index in [0.717, 1.165) is 9.37 Å². The third-order valence-corrected chi connectivity index (χ3v) is 4.25. The van der Waals surface area contributed by atoms with Gasteiger partial charge in [-0.2, -0.15) is 0 Å². The average Bonchev–Trinajstić information content (AvgIpc) is 2.39. The van der Waals surface area contributed by atoms with Crippen LogP contribution in [0.1, 0.15) is 5.56 Å². The summed E-state index contributed by atoms with van der Waals surface area (Å²) in [5.41, 5.74) is 7.20. The first-order valence-electron chi connectivity index (χ1n) is 5.61. The Kier molecular flexibility index (Phi) is 4.71. The van der Waals surface area contributed by atoms with Gasteiger partial charge in [0.05, 0.1) is 7.11 Å². The Hall–Kier alpha value is -1.20. The van der Waals surface area contributed by atoms with Crippen molar-refractivity contribution in [2.45, 2.75) is 10.6 Å². The van der Waals surface area contributed by atoms with Crippen molar-refractivity contribution in [3.05, 3.63) is 52.3 Å². The second-order valence-corrected chi connectivity index (χ2v) is 5.84. The maximum Gasteiger partial charge on any atom is 0.169 e. The molecule has 0 aromatic heterocycles. The quantitative estimate of drug-likeness (QED) is 0.658. The zero-order valence-corrected chi connectivity index (χ0v) is 12.7. The number of nitrogen functional groups attached to an aromatic ring is 1. The summed E-state index contributed by atoms with van der Waals surface area (Å²) in [6.07, 6.45) is 0. The first kappa shape index (κ1) is 14.2. The largest absolute Gasteiger partial charge is 0.494 e. The van der Waals surface area contributed by atoms with Crippen molar-refractivity contribution in [3.8, 4) is 5.75 Å². The van der Waals surface area contributed by atoms with E-state index in [2.05, 4.69) is 15.9 Å². The van der Waals surface area contributed by atoms with E-state index in [1.54, 1.807) is 18.2 Å². The molecular formula is C14H13BrFNOS. The van der Waals surface area contributed by atoms with Gasteiger partial charge in [-0.25, -0.2) is 4.39 Å². The first-order valence-corrected chi connectivity index (χ1v) is 7.39. The van der Waals surface area contributed by atoms with E-state index < -0.39 is 0 Å². The van der Waals surface area contributed by atoms with Gasteiger partial charge in [-0.1, -0.05) is 28.1 Å². The molecule has 0 fully saturated rings. The minimum atomic E-state index is -0.312. The molecule has 0 saturated heterocycles. The fourth-order valence-electron chi connectivity index (χ4n) is 1.63. The summed E-state index contributed by atoms with van der Waals surface area (Å²) in [6.45, 7) is 0. The maximum absolute atomic E-state index is 14.0. The third kappa shape index (κ3) is 3.42. The lowest BCUT2D eigenvalue weighted by Gasteiger charge is -2.08. The number of halogens is 2. The molecule has 100 valence electrons. The normalized spacial score (nSPS) is 10.5. The highest BCUT2D eigenvalue weighted by Crippen LogP contribution is 2.32. The fourth-order valence-corrected chi connectivity index (χ4v) is 2.93. The lowest BCUT2D eigenvalue weighted by atomic mass is 10.2. The number of methoxy groups -OCH3 is 1. The lowest BCUT2D eigenvalue weighted by Crippen LogP contribution is -1.94. The Labute approximate surface area is 124 Å². The van der Waals surface area contributed by atoms with Crippen LogP contribution in [0.25, 0.3) is 0 Å². The van der Waals surface area contributed by atoms with Crippen molar-refractivity contribution < 1.29 is 9.13 Å². The van der Waals surface area contributed by atoms with Crippen LogP contribution >= 0.6 is 27.7 Å². The molecular weight excluding hydrogens is 329 g/mol. The van der Waals surface area contributed by atoms with Crippen molar-refractivity contribution in [3.63, 3.8) is 0 Å². The van der Waals surface area contributed by atoms with Crippen LogP contribution in [0.4, 0.5) is 10.1 Å². The minimum Gasteiger partial charge on any atom is -0.494 e. The number of anilines is 1. The molecule has 19 heavy (non-hydrogen) atoms. The van der Waals surface area contributed by atoms with Crippen molar-refractivity contribution in [2.24, 2.45) is 0 Å². The molecule has 0 spiro atoms. The van der Waals surface area contributed by atoms with Gasteiger partial charge in [0, 0.05) is 26.4 Å². The molecule has 2 aromatic carbocycles. The monoisotopic (exact) mass is 341 g/mol. The molecule has 0 bridgehead atoms. The van der Waals surface area contributed by atoms with Crippen molar-refractivity contribution >= 4 is 33.4 Å². The molecule has 5 heteroatoms. The van der Waals surface area contributed by atoms with Crippen LogP contribution in [0.2, 0.25) is 0 Å². The summed E-state index contributed by atoms with van der Waals surface area (Å²) in [4.78, 5) is 0.936. The minimum absolute atomic E-state index is 0.266. The van der Waals surface area contributed by atoms with Gasteiger partial charge in [-0.15, -0.1) is 11.8 Å². The number of ether oxygens (including phenoxy) is 1. The zero-order valence-electron chi connectivity index (χ0n) is 10.3. The van der Waals surface area contributed by atoms with Gasteiger partial charge in [0.2, 0.25) is 0 Å². The van der Waals surface area contributed by atoms with Crippen LogP contribution < -0.4 is 10.5 Å². The molecule has 0 radical (unpaired) electrons. The molecule has 2 N–H and O–H groups in total. The van der Waals surface area contributed by atoms with Crippen LogP contribution in [-0.2, 0) is 5.75 Å². The van der Waals surface area contributed by atoms with E-state index in [0.29, 0.717) is 17.0 Å². The highest BCUT2D eigenvalue weighted by atomic mass is 79.9. The Bertz CT molecular complexity index is 592. The summed E-state index contributed by atoms with van der Waals surface area (Å²) in [5, 5.41) is 0. The molecule has 0 heterocycles. The fraction of sp³-hybridized carbons (Fsp3) is 0.143. The molecule has 0 unspecified atom stereocenters. The Morgan fingerprint density at radius 2 is 2.11 bits per heavy atom. The van der Waals surface area contributed by atoms with Crippen molar-refractivity contribution in [1.29, 1.82) is 0 Å². The van der Waals surface area contributed by atoms with Gasteiger partial charge in [-0.3, -0.25) is 0 Å². The molecule has 2 rings (SSSR count). The maximum atomic E-state index is 14.0. The summed E-state index contributed by atoms with van der Waals surface area (Å²) in [5.74, 6) is 0.463. The highest BCUT2D eigenvalue weighted by molar-refractivity contribution is 9.10. The molecule has 2 aromatic rings. The first-order chi connectivity index (χ1) is 9.11. The molecule has 2 nitrogen and oxygen atoms in total. The van der Waals surface area contributed by atoms with Crippen molar-refractivity contribution in [2.75, 3.05) is 12.8 Å². The Balaban J connectivity index is 2.14. The number of hydrogen-bond acceptors (Lipinski definition) is 3. The summed E-state index contributed by atoms with van der Waals surface area (Å²) in [7, 11) is 1.46. The van der Waals surface area contributed by atoms with Gasteiger partial charge in [-0.05, 0) is 24.3 Å². The Morgan fingerprint density at radius 1 is 1.32 bits per heavy atom. The van der Waals surface area contributed by atoms with E-state index in [4.69, 9.17) is 10.5 Å². The van der Waals surface area contributed by atoms with Gasteiger partial charge in [0.25, 0.3) is 0 Å². The third-order valence-electron chi connectivity index (χ3n) is 2.62. The Morgan fingerprint density at radius 3 is 2.79 bits per heavy atom. The van der Waals surface area contributed by atoms with Gasteiger partial charge < -0.3 is 10.5 Å². The molecule has 0 aliphatic heterocycles. The second kappa shape index (κ2) is 6.30. The predicted molar refractivity (Wildman–Crippen MR) is 81.1 cm³/mol. The van der Waals surface area contributed by atoms with Gasteiger partial charge in [0.15, 0.2) is 11.6 Å². The van der Waals surface area contributed by atoms with Crippen LogP contribution in [0.3, 0.4) is 0 Å². The number of nitrogens with two attached hydrogens (primary N) is 1. The molecule has 0 atom stereocenters. The van der Waals surface area contributed by atoms with Gasteiger partial charge >= 0.3 is 0 Å². The van der Waals surface area contributed by atoms with E-state index in [9.17, 15) is 4.39 Å². The van der Waals surface area contributed by atoms with Crippen LogP contribution in [0.15, 0.2) is 45.8 Å². The van der Waals surface area contributed by atoms with E-state index in [1.165, 1.54) is 18.9 Å². The number of thioether (sulfide) groups is 1. The molecule has 0 saturated carbocycles. The number of benzene rings is 2. The van der Waals surface area contributed by atoms with E-state index in [1.807, 2.05) is 18.2 Å². The van der Waals surface area contributed by atoms with Crippen LogP contribution in [0, 0.1) is 5.82 Å². The van der Waals surface area contributed by atoms with Crippen LogP contribution in [0.5, 0.6) is 5.75 Å². The smallest absolute Gasteiger partial charge is 0.169 e. The highest BCUT2D eigenvalue weighted by Gasteiger charge is 2.09.